The molecule has 5 nitrogen and oxygen atoms in total. The summed E-state index contributed by atoms with van der Waals surface area (Å²) in [4.78, 5) is 15.2. The number of nitro groups is 1. The van der Waals surface area contributed by atoms with Crippen LogP contribution in [-0.2, 0) is 6.61 Å². The van der Waals surface area contributed by atoms with Gasteiger partial charge in [0.2, 0.25) is 0 Å². The lowest BCUT2D eigenvalue weighted by Crippen LogP contribution is -1.93. The molecule has 2 aromatic rings. The summed E-state index contributed by atoms with van der Waals surface area (Å²) in [6, 6.07) is 8.33. The first-order valence-corrected chi connectivity index (χ1v) is 6.47. The van der Waals surface area contributed by atoms with Gasteiger partial charge in [-0.05, 0) is 17.7 Å². The van der Waals surface area contributed by atoms with Gasteiger partial charge in [0.05, 0.1) is 16.6 Å². The minimum atomic E-state index is -0.511. The maximum absolute atomic E-state index is 10.9. The lowest BCUT2D eigenvalue weighted by Gasteiger charge is -2.03. The third-order valence-electron chi connectivity index (χ3n) is 2.32. The molecule has 0 saturated heterocycles. The molecule has 1 aromatic carbocycles. The number of nitrogens with zero attached hydrogens (tertiary/aromatic N) is 2. The number of aromatic nitrogens is 1. The lowest BCUT2D eigenvalue weighted by molar-refractivity contribution is -0.388. The van der Waals surface area contributed by atoms with Crippen LogP contribution >= 0.6 is 23.4 Å². The molecule has 0 atom stereocenters. The number of hydrogen-bond donors (Lipinski definition) is 1. The van der Waals surface area contributed by atoms with Crippen LogP contribution in [0.3, 0.4) is 0 Å². The highest BCUT2D eigenvalue weighted by Crippen LogP contribution is 2.34. The van der Waals surface area contributed by atoms with Crippen molar-refractivity contribution in [2.45, 2.75) is 16.5 Å². The van der Waals surface area contributed by atoms with Crippen LogP contribution in [0.25, 0.3) is 0 Å². The predicted molar refractivity (Wildman–Crippen MR) is 72.4 cm³/mol. The molecule has 0 unspecified atom stereocenters. The standard InChI is InChI=1S/C12H9ClN2O3S/c13-9-5-11(15(17)18)12(14-6-9)19-10-3-1-8(7-16)2-4-10/h1-6,16H,7H2. The molecule has 0 fully saturated rings. The van der Waals surface area contributed by atoms with E-state index < -0.39 is 4.92 Å². The second-order valence-electron chi connectivity index (χ2n) is 3.64. The number of benzene rings is 1. The lowest BCUT2D eigenvalue weighted by atomic mass is 10.2. The average Bonchev–Trinajstić information content (AvgIpc) is 2.41. The van der Waals surface area contributed by atoms with Crippen molar-refractivity contribution < 1.29 is 10.0 Å². The highest BCUT2D eigenvalue weighted by molar-refractivity contribution is 7.99. The predicted octanol–water partition coefficient (Wildman–Crippen LogP) is 3.29. The maximum Gasteiger partial charge on any atom is 0.303 e. The van der Waals surface area contributed by atoms with Gasteiger partial charge in [-0.3, -0.25) is 10.1 Å². The number of halogens is 1. The smallest absolute Gasteiger partial charge is 0.303 e. The first kappa shape index (κ1) is 13.8. The third-order valence-corrected chi connectivity index (χ3v) is 3.54. The minimum Gasteiger partial charge on any atom is -0.392 e. The van der Waals surface area contributed by atoms with Gasteiger partial charge in [0.1, 0.15) is 0 Å². The minimum absolute atomic E-state index is 0.0374. The summed E-state index contributed by atoms with van der Waals surface area (Å²) in [5.74, 6) is 0. The Labute approximate surface area is 118 Å². The van der Waals surface area contributed by atoms with E-state index in [4.69, 9.17) is 16.7 Å². The highest BCUT2D eigenvalue weighted by Gasteiger charge is 2.17. The molecule has 19 heavy (non-hydrogen) atoms. The Morgan fingerprint density at radius 3 is 2.63 bits per heavy atom. The van der Waals surface area contributed by atoms with E-state index in [-0.39, 0.29) is 22.3 Å². The van der Waals surface area contributed by atoms with Gasteiger partial charge in [0, 0.05) is 17.2 Å². The number of aliphatic hydroxyl groups is 1. The van der Waals surface area contributed by atoms with Crippen LogP contribution in [0.5, 0.6) is 0 Å². The van der Waals surface area contributed by atoms with Gasteiger partial charge < -0.3 is 5.11 Å². The first-order valence-electron chi connectivity index (χ1n) is 5.27. The van der Waals surface area contributed by atoms with Gasteiger partial charge in [-0.15, -0.1) is 0 Å². The Morgan fingerprint density at radius 1 is 1.37 bits per heavy atom. The molecule has 1 aromatic heterocycles. The van der Waals surface area contributed by atoms with Gasteiger partial charge in [-0.25, -0.2) is 4.98 Å². The quantitative estimate of drug-likeness (QED) is 0.692. The van der Waals surface area contributed by atoms with Gasteiger partial charge >= 0.3 is 5.69 Å². The topological polar surface area (TPSA) is 76.3 Å². The van der Waals surface area contributed by atoms with Crippen LogP contribution in [0.1, 0.15) is 5.56 Å². The molecule has 0 saturated carbocycles. The van der Waals surface area contributed by atoms with Crippen molar-refractivity contribution in [3.63, 3.8) is 0 Å². The van der Waals surface area contributed by atoms with Crippen molar-refractivity contribution in [2.75, 3.05) is 0 Å². The van der Waals surface area contributed by atoms with E-state index in [9.17, 15) is 10.1 Å². The highest BCUT2D eigenvalue weighted by atomic mass is 35.5. The molecule has 1 heterocycles. The van der Waals surface area contributed by atoms with Crippen LogP contribution in [-0.4, -0.2) is 15.0 Å². The average molecular weight is 297 g/mol. The number of rotatable bonds is 4. The number of pyridine rings is 1. The summed E-state index contributed by atoms with van der Waals surface area (Å²) >= 11 is 6.88. The fourth-order valence-electron chi connectivity index (χ4n) is 1.40. The summed E-state index contributed by atoms with van der Waals surface area (Å²) in [6.07, 6.45) is 1.37. The SMILES string of the molecule is O=[N+]([O-])c1cc(Cl)cnc1Sc1ccc(CO)cc1. The molecular weight excluding hydrogens is 288 g/mol. The van der Waals surface area contributed by atoms with Gasteiger partial charge in [0.25, 0.3) is 0 Å². The molecule has 0 bridgehead atoms. The second-order valence-corrected chi connectivity index (χ2v) is 5.14. The van der Waals surface area contributed by atoms with Crippen molar-refractivity contribution in [1.29, 1.82) is 0 Å². The Bertz CT molecular complexity index is 604. The van der Waals surface area contributed by atoms with Crippen molar-refractivity contribution in [3.05, 3.63) is 57.2 Å². The van der Waals surface area contributed by atoms with Crippen LogP contribution in [0, 0.1) is 10.1 Å². The number of aliphatic hydroxyl groups excluding tert-OH is 1. The molecule has 1 N–H and O–H groups in total. The summed E-state index contributed by atoms with van der Waals surface area (Å²) in [5.41, 5.74) is 0.659. The first-order chi connectivity index (χ1) is 9.10. The third kappa shape index (κ3) is 3.44. The summed E-state index contributed by atoms with van der Waals surface area (Å²) in [7, 11) is 0. The molecule has 0 aliphatic carbocycles. The Balaban J connectivity index is 2.29. The summed E-state index contributed by atoms with van der Waals surface area (Å²) < 4.78 is 0. The zero-order chi connectivity index (χ0) is 13.8. The Kier molecular flexibility index (Phi) is 4.36. The van der Waals surface area contributed by atoms with E-state index in [1.807, 2.05) is 0 Å². The van der Waals surface area contributed by atoms with Crippen LogP contribution in [0.2, 0.25) is 5.02 Å². The largest absolute Gasteiger partial charge is 0.392 e. The monoisotopic (exact) mass is 296 g/mol. The second kappa shape index (κ2) is 6.01. The zero-order valence-electron chi connectivity index (χ0n) is 9.62. The van der Waals surface area contributed by atoms with Crippen LogP contribution < -0.4 is 0 Å². The summed E-state index contributed by atoms with van der Waals surface area (Å²) in [6.45, 7) is -0.0374. The molecule has 2 rings (SSSR count). The molecule has 0 aliphatic heterocycles. The zero-order valence-corrected chi connectivity index (χ0v) is 11.2. The van der Waals surface area contributed by atoms with E-state index in [1.165, 1.54) is 24.0 Å². The van der Waals surface area contributed by atoms with Gasteiger partial charge in [0.15, 0.2) is 5.03 Å². The van der Waals surface area contributed by atoms with Crippen molar-refractivity contribution in [3.8, 4) is 0 Å². The van der Waals surface area contributed by atoms with E-state index in [2.05, 4.69) is 4.98 Å². The van der Waals surface area contributed by atoms with E-state index in [1.54, 1.807) is 24.3 Å². The van der Waals surface area contributed by atoms with E-state index in [0.29, 0.717) is 0 Å². The Hall–Kier alpha value is -1.63. The fourth-order valence-corrected chi connectivity index (χ4v) is 2.39. The normalized spacial score (nSPS) is 10.4. The molecule has 0 aliphatic rings. The molecular formula is C12H9ClN2O3S. The van der Waals surface area contributed by atoms with Gasteiger partial charge in [-0.2, -0.15) is 0 Å². The Morgan fingerprint density at radius 2 is 2.05 bits per heavy atom. The fraction of sp³-hybridized carbons (Fsp3) is 0.0833. The molecule has 0 amide bonds. The van der Waals surface area contributed by atoms with E-state index in [0.717, 1.165) is 10.5 Å². The summed E-state index contributed by atoms with van der Waals surface area (Å²) in [5, 5.41) is 20.4. The van der Waals surface area contributed by atoms with Crippen LogP contribution in [0.4, 0.5) is 5.69 Å². The molecule has 98 valence electrons. The van der Waals surface area contributed by atoms with Gasteiger partial charge in [-0.1, -0.05) is 35.5 Å². The van der Waals surface area contributed by atoms with E-state index >= 15 is 0 Å². The van der Waals surface area contributed by atoms with Crippen molar-refractivity contribution in [1.82, 2.24) is 4.98 Å². The molecule has 7 heteroatoms. The van der Waals surface area contributed by atoms with Crippen molar-refractivity contribution in [2.24, 2.45) is 0 Å². The van der Waals surface area contributed by atoms with Crippen molar-refractivity contribution >= 4 is 29.1 Å². The molecule has 0 spiro atoms. The number of hydrogen-bond acceptors (Lipinski definition) is 5. The van der Waals surface area contributed by atoms with Crippen LogP contribution in [0.15, 0.2) is 46.5 Å². The maximum atomic E-state index is 10.9. The molecule has 0 radical (unpaired) electrons.